The van der Waals surface area contributed by atoms with E-state index < -0.39 is 0 Å². The van der Waals surface area contributed by atoms with E-state index >= 15 is 0 Å². The van der Waals surface area contributed by atoms with Gasteiger partial charge in [-0.1, -0.05) is 23.8 Å². The fourth-order valence-electron chi connectivity index (χ4n) is 2.25. The minimum Gasteiger partial charge on any atom is -0.355 e. The van der Waals surface area contributed by atoms with Crippen LogP contribution in [0.25, 0.3) is 0 Å². The highest BCUT2D eigenvalue weighted by molar-refractivity contribution is 5.34. The number of hydrogen-bond donors (Lipinski definition) is 1. The van der Waals surface area contributed by atoms with Crippen molar-refractivity contribution in [1.82, 2.24) is 14.8 Å². The number of anilines is 1. The second-order valence-electron chi connectivity index (χ2n) is 4.82. The van der Waals surface area contributed by atoms with Gasteiger partial charge in [-0.05, 0) is 38.8 Å². The van der Waals surface area contributed by atoms with E-state index in [-0.39, 0.29) is 0 Å². The van der Waals surface area contributed by atoms with Crippen LogP contribution >= 0.6 is 0 Å². The fourth-order valence-corrected chi connectivity index (χ4v) is 2.25. The topological polar surface area (TPSA) is 42.7 Å². The highest BCUT2D eigenvalue weighted by Crippen LogP contribution is 2.16. The molecular formula is C15H22N4. The summed E-state index contributed by atoms with van der Waals surface area (Å²) in [5.74, 6) is 1.89. The van der Waals surface area contributed by atoms with Gasteiger partial charge in [0.1, 0.15) is 5.82 Å². The van der Waals surface area contributed by atoms with E-state index in [0.29, 0.717) is 0 Å². The average molecular weight is 258 g/mol. The molecule has 1 N–H and O–H groups in total. The summed E-state index contributed by atoms with van der Waals surface area (Å²) in [7, 11) is 0. The van der Waals surface area contributed by atoms with Gasteiger partial charge in [0.25, 0.3) is 0 Å². The molecule has 4 heteroatoms. The van der Waals surface area contributed by atoms with Crippen molar-refractivity contribution in [1.29, 1.82) is 0 Å². The van der Waals surface area contributed by atoms with Gasteiger partial charge in [-0.3, -0.25) is 4.57 Å². The average Bonchev–Trinajstić information content (AvgIpc) is 2.76. The second kappa shape index (κ2) is 5.87. The Balaban J connectivity index is 2.30. The molecule has 0 aliphatic carbocycles. The number of nitrogens with zero attached hydrogens (tertiary/aromatic N) is 3. The molecule has 102 valence electrons. The smallest absolute Gasteiger partial charge is 0.224 e. The lowest BCUT2D eigenvalue weighted by Crippen LogP contribution is -2.09. The number of aryl methyl sites for hydroxylation is 2. The minimum atomic E-state index is 0.833. The van der Waals surface area contributed by atoms with E-state index in [9.17, 15) is 0 Å². The molecule has 2 aromatic rings. The third-order valence-electron chi connectivity index (χ3n) is 3.33. The van der Waals surface area contributed by atoms with Crippen molar-refractivity contribution in [3.05, 3.63) is 40.7 Å². The van der Waals surface area contributed by atoms with Crippen LogP contribution in [-0.2, 0) is 13.0 Å². The first-order valence-electron chi connectivity index (χ1n) is 6.87. The van der Waals surface area contributed by atoms with Crippen molar-refractivity contribution >= 4 is 5.95 Å². The summed E-state index contributed by atoms with van der Waals surface area (Å²) in [6.07, 6.45) is 0.833. The molecule has 0 radical (unpaired) electrons. The largest absolute Gasteiger partial charge is 0.355 e. The molecular weight excluding hydrogens is 236 g/mol. The van der Waals surface area contributed by atoms with Crippen molar-refractivity contribution in [2.75, 3.05) is 11.9 Å². The zero-order valence-corrected chi connectivity index (χ0v) is 12.2. The standard InChI is InChI=1S/C15H22N4/c1-5-16-15-18-17-14(19(15)6-2)10-13-9-11(3)7-8-12(13)4/h7-9H,5-6,10H2,1-4H3,(H,16,18). The molecule has 2 rings (SSSR count). The van der Waals surface area contributed by atoms with Gasteiger partial charge in [-0.25, -0.2) is 0 Å². The summed E-state index contributed by atoms with van der Waals surface area (Å²) < 4.78 is 2.14. The van der Waals surface area contributed by atoms with Gasteiger partial charge in [0.2, 0.25) is 5.95 Å². The lowest BCUT2D eigenvalue weighted by Gasteiger charge is -2.10. The Labute approximate surface area is 114 Å². The molecule has 0 amide bonds. The predicted molar refractivity (Wildman–Crippen MR) is 78.6 cm³/mol. The van der Waals surface area contributed by atoms with Crippen LogP contribution in [0.15, 0.2) is 18.2 Å². The summed E-state index contributed by atoms with van der Waals surface area (Å²) in [4.78, 5) is 0. The highest BCUT2D eigenvalue weighted by atomic mass is 15.3. The molecule has 0 spiro atoms. The maximum absolute atomic E-state index is 4.32. The molecule has 0 saturated carbocycles. The Morgan fingerprint density at radius 1 is 1.16 bits per heavy atom. The number of nitrogens with one attached hydrogen (secondary N) is 1. The van der Waals surface area contributed by atoms with Crippen molar-refractivity contribution < 1.29 is 0 Å². The van der Waals surface area contributed by atoms with E-state index in [0.717, 1.165) is 31.3 Å². The summed E-state index contributed by atoms with van der Waals surface area (Å²) in [6, 6.07) is 6.55. The first-order chi connectivity index (χ1) is 9.15. The van der Waals surface area contributed by atoms with Gasteiger partial charge in [-0.15, -0.1) is 10.2 Å². The first kappa shape index (κ1) is 13.6. The first-order valence-corrected chi connectivity index (χ1v) is 6.87. The van der Waals surface area contributed by atoms with Crippen LogP contribution in [0.2, 0.25) is 0 Å². The Kier molecular flexibility index (Phi) is 4.20. The van der Waals surface area contributed by atoms with Crippen LogP contribution in [0.4, 0.5) is 5.95 Å². The Bertz CT molecular complexity index is 557. The fraction of sp³-hybridized carbons (Fsp3) is 0.467. The van der Waals surface area contributed by atoms with Crippen LogP contribution in [0, 0.1) is 13.8 Å². The molecule has 1 aromatic heterocycles. The Hall–Kier alpha value is -1.84. The Morgan fingerprint density at radius 3 is 2.63 bits per heavy atom. The summed E-state index contributed by atoms with van der Waals surface area (Å²) in [5, 5.41) is 11.8. The molecule has 1 heterocycles. The molecule has 1 aromatic carbocycles. The summed E-state index contributed by atoms with van der Waals surface area (Å²) in [5.41, 5.74) is 3.92. The van der Waals surface area contributed by atoms with Gasteiger partial charge in [-0.2, -0.15) is 0 Å². The molecule has 0 bridgehead atoms. The number of rotatable bonds is 5. The number of aromatic nitrogens is 3. The minimum absolute atomic E-state index is 0.833. The normalized spacial score (nSPS) is 10.7. The van der Waals surface area contributed by atoms with Crippen molar-refractivity contribution in [3.8, 4) is 0 Å². The lowest BCUT2D eigenvalue weighted by atomic mass is 10.0. The van der Waals surface area contributed by atoms with E-state index in [1.807, 2.05) is 0 Å². The molecule has 19 heavy (non-hydrogen) atoms. The van der Waals surface area contributed by atoms with Crippen LogP contribution in [-0.4, -0.2) is 21.3 Å². The monoisotopic (exact) mass is 258 g/mol. The molecule has 0 unspecified atom stereocenters. The van der Waals surface area contributed by atoms with Crippen LogP contribution < -0.4 is 5.32 Å². The van der Waals surface area contributed by atoms with Gasteiger partial charge < -0.3 is 5.32 Å². The molecule has 0 atom stereocenters. The maximum atomic E-state index is 4.32. The molecule has 4 nitrogen and oxygen atoms in total. The van der Waals surface area contributed by atoms with Gasteiger partial charge in [0, 0.05) is 19.5 Å². The number of benzene rings is 1. The van der Waals surface area contributed by atoms with E-state index in [2.05, 4.69) is 66.0 Å². The molecule has 0 aliphatic heterocycles. The van der Waals surface area contributed by atoms with Crippen LogP contribution in [0.5, 0.6) is 0 Å². The highest BCUT2D eigenvalue weighted by Gasteiger charge is 2.11. The molecule has 0 saturated heterocycles. The van der Waals surface area contributed by atoms with Crippen LogP contribution in [0.3, 0.4) is 0 Å². The SMILES string of the molecule is CCNc1nnc(Cc2cc(C)ccc2C)n1CC. The van der Waals surface area contributed by atoms with Gasteiger partial charge in [0.15, 0.2) is 0 Å². The maximum Gasteiger partial charge on any atom is 0.224 e. The van der Waals surface area contributed by atoms with Gasteiger partial charge >= 0.3 is 0 Å². The van der Waals surface area contributed by atoms with E-state index in [1.165, 1.54) is 16.7 Å². The zero-order chi connectivity index (χ0) is 13.8. The van der Waals surface area contributed by atoms with Crippen molar-refractivity contribution in [3.63, 3.8) is 0 Å². The molecule has 0 fully saturated rings. The van der Waals surface area contributed by atoms with E-state index in [4.69, 9.17) is 0 Å². The zero-order valence-electron chi connectivity index (χ0n) is 12.2. The summed E-state index contributed by atoms with van der Waals surface area (Å²) >= 11 is 0. The third-order valence-corrected chi connectivity index (χ3v) is 3.33. The second-order valence-corrected chi connectivity index (χ2v) is 4.82. The van der Waals surface area contributed by atoms with Gasteiger partial charge in [0.05, 0.1) is 0 Å². The quantitative estimate of drug-likeness (QED) is 0.896. The van der Waals surface area contributed by atoms with E-state index in [1.54, 1.807) is 0 Å². The number of hydrogen-bond acceptors (Lipinski definition) is 3. The molecule has 0 aliphatic rings. The predicted octanol–water partition coefficient (Wildman–Crippen LogP) is 2.94. The van der Waals surface area contributed by atoms with Crippen LogP contribution in [0.1, 0.15) is 36.4 Å². The van der Waals surface area contributed by atoms with Crippen molar-refractivity contribution in [2.45, 2.75) is 40.7 Å². The summed E-state index contributed by atoms with van der Waals surface area (Å²) in [6.45, 7) is 10.2. The third kappa shape index (κ3) is 2.95. The Morgan fingerprint density at radius 2 is 1.95 bits per heavy atom. The lowest BCUT2D eigenvalue weighted by molar-refractivity contribution is 0.715. The van der Waals surface area contributed by atoms with Crippen molar-refractivity contribution in [2.24, 2.45) is 0 Å².